The van der Waals surface area contributed by atoms with Crippen LogP contribution in [0.15, 0.2) is 36.4 Å². The third-order valence-corrected chi connectivity index (χ3v) is 2.91. The lowest BCUT2D eigenvalue weighted by Gasteiger charge is -2.12. The van der Waals surface area contributed by atoms with Crippen molar-refractivity contribution in [2.45, 2.75) is 12.5 Å². The molecule has 0 aliphatic rings. The molecule has 0 aliphatic carbocycles. The molecule has 2 aromatic carbocycles. The average molecular weight is 287 g/mol. The van der Waals surface area contributed by atoms with Gasteiger partial charge in [-0.1, -0.05) is 11.6 Å². The Morgan fingerprint density at radius 3 is 2.42 bits per heavy atom. The van der Waals surface area contributed by atoms with Crippen LogP contribution in [0.4, 0.5) is 13.2 Å². The van der Waals surface area contributed by atoms with E-state index < -0.39 is 23.6 Å². The topological polar surface area (TPSA) is 20.2 Å². The molecule has 2 rings (SSSR count). The molecule has 1 nitrogen and oxygen atoms in total. The maximum Gasteiger partial charge on any atom is 0.126 e. The van der Waals surface area contributed by atoms with Gasteiger partial charge in [0, 0.05) is 11.4 Å². The summed E-state index contributed by atoms with van der Waals surface area (Å²) in [5.74, 6) is -1.81. The van der Waals surface area contributed by atoms with E-state index in [0.717, 1.165) is 30.3 Å². The standard InChI is InChI=1S/C14H10ClF3O/c15-10-3-9(5-12(17)7-10)14(19)6-8-4-11(16)1-2-13(8)18/h1-5,7,14,19H,6H2. The zero-order chi connectivity index (χ0) is 14.0. The maximum absolute atomic E-state index is 13.4. The number of hydrogen-bond acceptors (Lipinski definition) is 1. The predicted molar refractivity (Wildman–Crippen MR) is 66.4 cm³/mol. The van der Waals surface area contributed by atoms with E-state index in [1.54, 1.807) is 0 Å². The van der Waals surface area contributed by atoms with Gasteiger partial charge in [0.15, 0.2) is 0 Å². The Morgan fingerprint density at radius 2 is 1.74 bits per heavy atom. The molecule has 0 spiro atoms. The molecule has 19 heavy (non-hydrogen) atoms. The number of hydrogen-bond donors (Lipinski definition) is 1. The summed E-state index contributed by atoms with van der Waals surface area (Å²) in [5, 5.41) is 10.1. The molecule has 0 heterocycles. The molecule has 100 valence electrons. The van der Waals surface area contributed by atoms with Crippen LogP contribution in [0.1, 0.15) is 17.2 Å². The van der Waals surface area contributed by atoms with Crippen molar-refractivity contribution in [3.8, 4) is 0 Å². The van der Waals surface area contributed by atoms with Gasteiger partial charge in [0.25, 0.3) is 0 Å². The van der Waals surface area contributed by atoms with E-state index in [1.165, 1.54) is 6.07 Å². The van der Waals surface area contributed by atoms with Crippen molar-refractivity contribution in [1.82, 2.24) is 0 Å². The Morgan fingerprint density at radius 1 is 1.00 bits per heavy atom. The fraction of sp³-hybridized carbons (Fsp3) is 0.143. The van der Waals surface area contributed by atoms with Gasteiger partial charge in [-0.05, 0) is 47.5 Å². The predicted octanol–water partition coefficient (Wildman–Crippen LogP) is 4.03. The largest absolute Gasteiger partial charge is 0.388 e. The maximum atomic E-state index is 13.4. The molecule has 0 saturated heterocycles. The van der Waals surface area contributed by atoms with Gasteiger partial charge in [-0.2, -0.15) is 0 Å². The third kappa shape index (κ3) is 3.49. The molecule has 1 atom stereocenters. The first-order chi connectivity index (χ1) is 8.95. The highest BCUT2D eigenvalue weighted by Gasteiger charge is 2.14. The third-order valence-electron chi connectivity index (χ3n) is 2.69. The van der Waals surface area contributed by atoms with Crippen LogP contribution in [0, 0.1) is 17.5 Å². The quantitative estimate of drug-likeness (QED) is 0.903. The van der Waals surface area contributed by atoms with E-state index >= 15 is 0 Å². The summed E-state index contributed by atoms with van der Waals surface area (Å²) in [7, 11) is 0. The minimum absolute atomic E-state index is 0.0212. The van der Waals surface area contributed by atoms with Crippen molar-refractivity contribution >= 4 is 11.6 Å². The van der Waals surface area contributed by atoms with Gasteiger partial charge >= 0.3 is 0 Å². The Kier molecular flexibility index (Phi) is 4.12. The summed E-state index contributed by atoms with van der Waals surface area (Å²) in [6, 6.07) is 6.56. The Hall–Kier alpha value is -1.52. The van der Waals surface area contributed by atoms with Gasteiger partial charge in [-0.3, -0.25) is 0 Å². The van der Waals surface area contributed by atoms with Crippen LogP contribution in [0.25, 0.3) is 0 Å². The number of aliphatic hydroxyl groups is 1. The second-order valence-corrected chi connectivity index (χ2v) is 4.59. The second-order valence-electron chi connectivity index (χ2n) is 4.16. The zero-order valence-electron chi connectivity index (χ0n) is 9.71. The van der Waals surface area contributed by atoms with E-state index in [1.807, 2.05) is 0 Å². The first-order valence-corrected chi connectivity index (χ1v) is 5.91. The van der Waals surface area contributed by atoms with Crippen molar-refractivity contribution in [3.05, 3.63) is 70.0 Å². The van der Waals surface area contributed by atoms with Crippen LogP contribution >= 0.6 is 11.6 Å². The minimum atomic E-state index is -1.16. The summed E-state index contributed by atoms with van der Waals surface area (Å²) in [4.78, 5) is 0. The first-order valence-electron chi connectivity index (χ1n) is 5.53. The molecule has 5 heteroatoms. The SMILES string of the molecule is OC(Cc1cc(F)ccc1F)c1cc(F)cc(Cl)c1. The Balaban J connectivity index is 2.25. The lowest BCUT2D eigenvalue weighted by molar-refractivity contribution is 0.176. The molecule has 0 bridgehead atoms. The minimum Gasteiger partial charge on any atom is -0.388 e. The summed E-state index contributed by atoms with van der Waals surface area (Å²) in [6.07, 6.45) is -1.33. The van der Waals surface area contributed by atoms with E-state index in [0.29, 0.717) is 0 Å². The number of aliphatic hydroxyl groups excluding tert-OH is 1. The van der Waals surface area contributed by atoms with E-state index in [-0.39, 0.29) is 22.6 Å². The van der Waals surface area contributed by atoms with Crippen LogP contribution in [0.2, 0.25) is 5.02 Å². The van der Waals surface area contributed by atoms with Crippen molar-refractivity contribution < 1.29 is 18.3 Å². The van der Waals surface area contributed by atoms with Gasteiger partial charge in [-0.15, -0.1) is 0 Å². The normalized spacial score (nSPS) is 12.5. The fourth-order valence-corrected chi connectivity index (χ4v) is 2.02. The lowest BCUT2D eigenvalue weighted by atomic mass is 10.0. The van der Waals surface area contributed by atoms with E-state index in [9.17, 15) is 18.3 Å². The Labute approximate surface area is 113 Å². The fourth-order valence-electron chi connectivity index (χ4n) is 1.79. The van der Waals surface area contributed by atoms with Crippen LogP contribution in [-0.2, 0) is 6.42 Å². The Bertz CT molecular complexity index is 581. The number of benzene rings is 2. The molecule has 0 aromatic heterocycles. The van der Waals surface area contributed by atoms with E-state index in [2.05, 4.69) is 0 Å². The zero-order valence-corrected chi connectivity index (χ0v) is 10.5. The molecule has 1 N–H and O–H groups in total. The van der Waals surface area contributed by atoms with Gasteiger partial charge in [0.2, 0.25) is 0 Å². The molecule has 1 unspecified atom stereocenters. The number of halogens is 4. The monoisotopic (exact) mass is 286 g/mol. The molecule has 0 fully saturated rings. The van der Waals surface area contributed by atoms with Gasteiger partial charge in [0.1, 0.15) is 17.5 Å². The van der Waals surface area contributed by atoms with Crippen LogP contribution in [0.3, 0.4) is 0 Å². The summed E-state index contributed by atoms with van der Waals surface area (Å²) >= 11 is 5.67. The van der Waals surface area contributed by atoms with Gasteiger partial charge in [-0.25, -0.2) is 13.2 Å². The molecule has 0 radical (unpaired) electrons. The van der Waals surface area contributed by atoms with Crippen molar-refractivity contribution in [2.75, 3.05) is 0 Å². The molecular weight excluding hydrogens is 277 g/mol. The highest BCUT2D eigenvalue weighted by Crippen LogP contribution is 2.24. The van der Waals surface area contributed by atoms with Crippen LogP contribution in [0.5, 0.6) is 0 Å². The highest BCUT2D eigenvalue weighted by atomic mass is 35.5. The van der Waals surface area contributed by atoms with E-state index in [4.69, 9.17) is 11.6 Å². The molecule has 0 amide bonds. The average Bonchev–Trinajstić information content (AvgIpc) is 2.32. The smallest absolute Gasteiger partial charge is 0.126 e. The summed E-state index contributed by atoms with van der Waals surface area (Å²) in [5.41, 5.74) is 0.238. The second kappa shape index (κ2) is 5.63. The van der Waals surface area contributed by atoms with Crippen LogP contribution in [-0.4, -0.2) is 5.11 Å². The van der Waals surface area contributed by atoms with Crippen molar-refractivity contribution in [1.29, 1.82) is 0 Å². The van der Waals surface area contributed by atoms with Crippen molar-refractivity contribution in [3.63, 3.8) is 0 Å². The molecule has 0 saturated carbocycles. The molecular formula is C14H10ClF3O. The molecule has 0 aliphatic heterocycles. The van der Waals surface area contributed by atoms with Crippen LogP contribution < -0.4 is 0 Å². The molecule has 2 aromatic rings. The van der Waals surface area contributed by atoms with Crippen molar-refractivity contribution in [2.24, 2.45) is 0 Å². The van der Waals surface area contributed by atoms with Gasteiger partial charge < -0.3 is 5.11 Å². The number of rotatable bonds is 3. The summed E-state index contributed by atoms with van der Waals surface area (Å²) in [6.45, 7) is 0. The summed E-state index contributed by atoms with van der Waals surface area (Å²) < 4.78 is 39.6. The highest BCUT2D eigenvalue weighted by molar-refractivity contribution is 6.30. The first kappa shape index (κ1) is 13.9. The lowest BCUT2D eigenvalue weighted by Crippen LogP contribution is -2.04. The van der Waals surface area contributed by atoms with Gasteiger partial charge in [0.05, 0.1) is 6.10 Å².